The Bertz CT molecular complexity index is 361. The summed E-state index contributed by atoms with van der Waals surface area (Å²) in [7, 11) is 1.73. The Hall–Kier alpha value is -1.06. The lowest BCUT2D eigenvalue weighted by molar-refractivity contribution is 0.0671. The van der Waals surface area contributed by atoms with E-state index in [-0.39, 0.29) is 0 Å². The van der Waals surface area contributed by atoms with Crippen molar-refractivity contribution in [3.05, 3.63) is 29.8 Å². The highest BCUT2D eigenvalue weighted by molar-refractivity contribution is 5.33. The monoisotopic (exact) mass is 249 g/mol. The van der Waals surface area contributed by atoms with Crippen molar-refractivity contribution < 1.29 is 9.47 Å². The van der Waals surface area contributed by atoms with E-state index in [1.807, 2.05) is 12.1 Å². The molecule has 1 aromatic carbocycles. The zero-order valence-electron chi connectivity index (χ0n) is 11.3. The summed E-state index contributed by atoms with van der Waals surface area (Å²) in [6, 6.07) is 9.17. The minimum Gasteiger partial charge on any atom is -0.496 e. The number of ether oxygens (including phenoxy) is 2. The SMILES string of the molecule is COc1ccccc1CC(C)NC1CCCOC1. The molecule has 2 rings (SSSR count). The molecule has 0 saturated carbocycles. The third kappa shape index (κ3) is 3.72. The Morgan fingerprint density at radius 2 is 2.28 bits per heavy atom. The van der Waals surface area contributed by atoms with Gasteiger partial charge in [0, 0.05) is 18.7 Å². The Morgan fingerprint density at radius 1 is 1.44 bits per heavy atom. The van der Waals surface area contributed by atoms with Crippen molar-refractivity contribution in [2.24, 2.45) is 0 Å². The molecule has 1 aromatic rings. The second-order valence-corrected chi connectivity index (χ2v) is 5.00. The highest BCUT2D eigenvalue weighted by atomic mass is 16.5. The van der Waals surface area contributed by atoms with Crippen molar-refractivity contribution in [2.75, 3.05) is 20.3 Å². The number of para-hydroxylation sites is 1. The minimum atomic E-state index is 0.438. The fourth-order valence-corrected chi connectivity index (χ4v) is 2.53. The van der Waals surface area contributed by atoms with Gasteiger partial charge < -0.3 is 14.8 Å². The summed E-state index contributed by atoms with van der Waals surface area (Å²) in [6.07, 6.45) is 3.37. The van der Waals surface area contributed by atoms with Crippen LogP contribution in [0.2, 0.25) is 0 Å². The van der Waals surface area contributed by atoms with E-state index in [4.69, 9.17) is 9.47 Å². The quantitative estimate of drug-likeness (QED) is 0.869. The molecule has 100 valence electrons. The van der Waals surface area contributed by atoms with Crippen molar-refractivity contribution >= 4 is 0 Å². The van der Waals surface area contributed by atoms with E-state index in [9.17, 15) is 0 Å². The Balaban J connectivity index is 1.87. The average Bonchev–Trinajstić information content (AvgIpc) is 2.40. The number of rotatable bonds is 5. The first-order valence-electron chi connectivity index (χ1n) is 6.75. The van der Waals surface area contributed by atoms with Gasteiger partial charge in [0.05, 0.1) is 13.7 Å². The maximum absolute atomic E-state index is 5.49. The van der Waals surface area contributed by atoms with Crippen LogP contribution in [-0.4, -0.2) is 32.4 Å². The molecule has 2 unspecified atom stereocenters. The smallest absolute Gasteiger partial charge is 0.122 e. The second-order valence-electron chi connectivity index (χ2n) is 5.00. The zero-order valence-corrected chi connectivity index (χ0v) is 11.3. The highest BCUT2D eigenvalue weighted by Gasteiger charge is 2.16. The summed E-state index contributed by atoms with van der Waals surface area (Å²) in [6.45, 7) is 3.98. The second kappa shape index (κ2) is 6.76. The van der Waals surface area contributed by atoms with Gasteiger partial charge in [0.2, 0.25) is 0 Å². The van der Waals surface area contributed by atoms with E-state index in [1.54, 1.807) is 7.11 Å². The van der Waals surface area contributed by atoms with Crippen LogP contribution in [0.5, 0.6) is 5.75 Å². The fourth-order valence-electron chi connectivity index (χ4n) is 2.53. The van der Waals surface area contributed by atoms with Gasteiger partial charge in [-0.2, -0.15) is 0 Å². The van der Waals surface area contributed by atoms with E-state index in [0.29, 0.717) is 12.1 Å². The van der Waals surface area contributed by atoms with Crippen LogP contribution in [0.15, 0.2) is 24.3 Å². The van der Waals surface area contributed by atoms with Crippen LogP contribution in [0, 0.1) is 0 Å². The van der Waals surface area contributed by atoms with Crippen molar-refractivity contribution in [3.8, 4) is 5.75 Å². The molecule has 0 bridgehead atoms. The molecule has 1 aliphatic rings. The lowest BCUT2D eigenvalue weighted by atomic mass is 10.0. The van der Waals surface area contributed by atoms with E-state index < -0.39 is 0 Å². The molecule has 0 spiro atoms. The molecule has 1 N–H and O–H groups in total. The number of methoxy groups -OCH3 is 1. The van der Waals surface area contributed by atoms with Crippen LogP contribution in [0.25, 0.3) is 0 Å². The van der Waals surface area contributed by atoms with Gasteiger partial charge in [-0.1, -0.05) is 18.2 Å². The molecular weight excluding hydrogens is 226 g/mol. The van der Waals surface area contributed by atoms with Gasteiger partial charge in [-0.05, 0) is 37.8 Å². The summed E-state index contributed by atoms with van der Waals surface area (Å²) in [5.74, 6) is 0.978. The Morgan fingerprint density at radius 3 is 3.00 bits per heavy atom. The molecule has 0 radical (unpaired) electrons. The normalized spacial score (nSPS) is 21.6. The van der Waals surface area contributed by atoms with Crippen LogP contribution in [0.3, 0.4) is 0 Å². The molecule has 1 saturated heterocycles. The zero-order chi connectivity index (χ0) is 12.8. The molecule has 18 heavy (non-hydrogen) atoms. The van der Waals surface area contributed by atoms with Gasteiger partial charge in [0.15, 0.2) is 0 Å². The first-order chi connectivity index (χ1) is 8.79. The minimum absolute atomic E-state index is 0.438. The summed E-state index contributed by atoms with van der Waals surface area (Å²) in [5, 5.41) is 3.64. The largest absolute Gasteiger partial charge is 0.496 e. The summed E-state index contributed by atoms with van der Waals surface area (Å²) >= 11 is 0. The number of nitrogens with one attached hydrogen (secondary N) is 1. The van der Waals surface area contributed by atoms with Crippen LogP contribution >= 0.6 is 0 Å². The molecule has 0 amide bonds. The van der Waals surface area contributed by atoms with Crippen LogP contribution < -0.4 is 10.1 Å². The van der Waals surface area contributed by atoms with Gasteiger partial charge in [-0.15, -0.1) is 0 Å². The van der Waals surface area contributed by atoms with E-state index in [0.717, 1.165) is 25.4 Å². The molecule has 3 heteroatoms. The molecule has 0 aliphatic carbocycles. The van der Waals surface area contributed by atoms with Gasteiger partial charge in [-0.25, -0.2) is 0 Å². The summed E-state index contributed by atoms with van der Waals surface area (Å²) < 4.78 is 10.9. The third-order valence-electron chi connectivity index (χ3n) is 3.40. The van der Waals surface area contributed by atoms with Crippen LogP contribution in [-0.2, 0) is 11.2 Å². The lowest BCUT2D eigenvalue weighted by Crippen LogP contribution is -2.42. The van der Waals surface area contributed by atoms with E-state index >= 15 is 0 Å². The molecular formula is C15H23NO2. The number of benzene rings is 1. The third-order valence-corrected chi connectivity index (χ3v) is 3.40. The molecule has 0 aromatic heterocycles. The van der Waals surface area contributed by atoms with Crippen molar-refractivity contribution in [2.45, 2.75) is 38.3 Å². The van der Waals surface area contributed by atoms with Gasteiger partial charge >= 0.3 is 0 Å². The first kappa shape index (κ1) is 13.4. The molecule has 2 atom stereocenters. The summed E-state index contributed by atoms with van der Waals surface area (Å²) in [4.78, 5) is 0. The lowest BCUT2D eigenvalue weighted by Gasteiger charge is -2.27. The van der Waals surface area contributed by atoms with Crippen LogP contribution in [0.1, 0.15) is 25.3 Å². The Labute approximate surface area is 109 Å². The summed E-state index contributed by atoms with van der Waals surface area (Å²) in [5.41, 5.74) is 1.26. The fraction of sp³-hybridized carbons (Fsp3) is 0.600. The van der Waals surface area contributed by atoms with E-state index in [1.165, 1.54) is 18.4 Å². The molecule has 3 nitrogen and oxygen atoms in total. The van der Waals surface area contributed by atoms with E-state index in [2.05, 4.69) is 24.4 Å². The number of hydrogen-bond donors (Lipinski definition) is 1. The van der Waals surface area contributed by atoms with Crippen molar-refractivity contribution in [1.29, 1.82) is 0 Å². The van der Waals surface area contributed by atoms with Crippen molar-refractivity contribution in [3.63, 3.8) is 0 Å². The Kier molecular flexibility index (Phi) is 5.02. The topological polar surface area (TPSA) is 30.5 Å². The molecule has 1 aliphatic heterocycles. The molecule has 1 fully saturated rings. The van der Waals surface area contributed by atoms with Crippen molar-refractivity contribution in [1.82, 2.24) is 5.32 Å². The standard InChI is InChI=1S/C15H23NO2/c1-12(16-14-7-5-9-18-11-14)10-13-6-3-4-8-15(13)17-2/h3-4,6,8,12,14,16H,5,7,9-11H2,1-2H3. The van der Waals surface area contributed by atoms with Gasteiger partial charge in [0.1, 0.15) is 5.75 Å². The van der Waals surface area contributed by atoms with Gasteiger partial charge in [0.25, 0.3) is 0 Å². The highest BCUT2D eigenvalue weighted by Crippen LogP contribution is 2.19. The van der Waals surface area contributed by atoms with Crippen LogP contribution in [0.4, 0.5) is 0 Å². The maximum atomic E-state index is 5.49. The number of hydrogen-bond acceptors (Lipinski definition) is 3. The van der Waals surface area contributed by atoms with Gasteiger partial charge in [-0.3, -0.25) is 0 Å². The average molecular weight is 249 g/mol. The molecule has 1 heterocycles. The maximum Gasteiger partial charge on any atom is 0.122 e. The predicted molar refractivity (Wildman–Crippen MR) is 73.1 cm³/mol. The predicted octanol–water partition coefficient (Wildman–Crippen LogP) is 2.39. The first-order valence-corrected chi connectivity index (χ1v) is 6.75.